The standard InChI is InChI=1S/C22H26N4O2/c23-11-15-12-25-19-10-21(28-16-6-8-27-13-16)18(24)9-17(19)22(15)26-7-5-14-3-1-2-4-20(14)26/h9-10,12,14,16,20H,1-8,13,24H2. The van der Waals surface area contributed by atoms with Crippen LogP contribution in [0.2, 0.25) is 0 Å². The second kappa shape index (κ2) is 7.14. The highest BCUT2D eigenvalue weighted by atomic mass is 16.5. The largest absolute Gasteiger partial charge is 0.486 e. The number of nitriles is 1. The van der Waals surface area contributed by atoms with E-state index in [9.17, 15) is 5.26 Å². The number of rotatable bonds is 3. The Kier molecular flexibility index (Phi) is 4.48. The van der Waals surface area contributed by atoms with Crippen molar-refractivity contribution in [3.63, 3.8) is 0 Å². The predicted octanol–water partition coefficient (Wildman–Crippen LogP) is 3.63. The first kappa shape index (κ1) is 17.6. The van der Waals surface area contributed by atoms with Crippen molar-refractivity contribution in [1.29, 1.82) is 5.26 Å². The molecule has 2 N–H and O–H groups in total. The summed E-state index contributed by atoms with van der Waals surface area (Å²) in [5.41, 5.74) is 9.42. The van der Waals surface area contributed by atoms with E-state index in [2.05, 4.69) is 16.0 Å². The average molecular weight is 378 g/mol. The topological polar surface area (TPSA) is 84.4 Å². The number of nitrogens with two attached hydrogens (primary N) is 1. The monoisotopic (exact) mass is 378 g/mol. The van der Waals surface area contributed by atoms with Crippen molar-refractivity contribution in [1.82, 2.24) is 4.98 Å². The number of hydrogen-bond donors (Lipinski definition) is 1. The Morgan fingerprint density at radius 3 is 2.93 bits per heavy atom. The van der Waals surface area contributed by atoms with E-state index < -0.39 is 0 Å². The predicted molar refractivity (Wildman–Crippen MR) is 108 cm³/mol. The van der Waals surface area contributed by atoms with Gasteiger partial charge < -0.3 is 20.1 Å². The van der Waals surface area contributed by atoms with Gasteiger partial charge in [0.05, 0.1) is 35.7 Å². The molecule has 2 saturated heterocycles. The molecular formula is C22H26N4O2. The second-order valence-corrected chi connectivity index (χ2v) is 8.24. The normalized spacial score (nSPS) is 27.0. The van der Waals surface area contributed by atoms with Crippen molar-refractivity contribution < 1.29 is 9.47 Å². The van der Waals surface area contributed by atoms with Gasteiger partial charge >= 0.3 is 0 Å². The third-order valence-electron chi connectivity index (χ3n) is 6.57. The number of ether oxygens (including phenoxy) is 2. The van der Waals surface area contributed by atoms with E-state index in [-0.39, 0.29) is 6.10 Å². The van der Waals surface area contributed by atoms with Crippen molar-refractivity contribution >= 4 is 22.3 Å². The van der Waals surface area contributed by atoms with Gasteiger partial charge in [-0.05, 0) is 31.2 Å². The summed E-state index contributed by atoms with van der Waals surface area (Å²) in [6.07, 6.45) is 8.93. The molecule has 0 radical (unpaired) electrons. The Hall–Kier alpha value is -2.52. The smallest absolute Gasteiger partial charge is 0.144 e. The quantitative estimate of drug-likeness (QED) is 0.821. The van der Waals surface area contributed by atoms with Crippen LogP contribution >= 0.6 is 0 Å². The van der Waals surface area contributed by atoms with Crippen LogP contribution in [0.25, 0.3) is 10.9 Å². The lowest BCUT2D eigenvalue weighted by molar-refractivity contribution is 0.142. The van der Waals surface area contributed by atoms with Crippen molar-refractivity contribution in [3.8, 4) is 11.8 Å². The molecular weight excluding hydrogens is 352 g/mol. The maximum absolute atomic E-state index is 9.76. The third kappa shape index (κ3) is 2.94. The van der Waals surface area contributed by atoms with Crippen LogP contribution in [0.4, 0.5) is 11.4 Å². The molecule has 146 valence electrons. The average Bonchev–Trinajstić information content (AvgIpc) is 3.37. The van der Waals surface area contributed by atoms with Crippen LogP contribution in [0, 0.1) is 17.2 Å². The van der Waals surface area contributed by atoms with Gasteiger partial charge in [0, 0.05) is 36.7 Å². The Bertz CT molecular complexity index is 932. The Morgan fingerprint density at radius 2 is 2.11 bits per heavy atom. The first-order chi connectivity index (χ1) is 13.7. The van der Waals surface area contributed by atoms with E-state index >= 15 is 0 Å². The minimum atomic E-state index is 0.0409. The van der Waals surface area contributed by atoms with Crippen LogP contribution in [0.1, 0.15) is 44.1 Å². The number of hydrogen-bond acceptors (Lipinski definition) is 6. The number of nitrogens with zero attached hydrogens (tertiary/aromatic N) is 3. The maximum Gasteiger partial charge on any atom is 0.144 e. The van der Waals surface area contributed by atoms with Crippen LogP contribution in [-0.4, -0.2) is 36.9 Å². The van der Waals surface area contributed by atoms with Crippen molar-refractivity contribution in [2.24, 2.45) is 5.92 Å². The van der Waals surface area contributed by atoms with Gasteiger partial charge in [0.15, 0.2) is 0 Å². The van der Waals surface area contributed by atoms with E-state index in [0.29, 0.717) is 29.6 Å². The number of anilines is 2. The molecule has 0 bridgehead atoms. The van der Waals surface area contributed by atoms with Gasteiger partial charge in [-0.25, -0.2) is 0 Å². The van der Waals surface area contributed by atoms with Crippen LogP contribution in [0.15, 0.2) is 18.3 Å². The fourth-order valence-electron chi connectivity index (χ4n) is 5.18. The molecule has 0 amide bonds. The number of nitrogen functional groups attached to an aromatic ring is 1. The van der Waals surface area contributed by atoms with Gasteiger partial charge in [0.1, 0.15) is 17.9 Å². The van der Waals surface area contributed by atoms with Gasteiger partial charge in [-0.3, -0.25) is 4.98 Å². The molecule has 28 heavy (non-hydrogen) atoms. The van der Waals surface area contributed by atoms with E-state index in [0.717, 1.165) is 42.1 Å². The molecule has 3 fully saturated rings. The minimum absolute atomic E-state index is 0.0409. The van der Waals surface area contributed by atoms with Crippen molar-refractivity contribution in [2.45, 2.75) is 50.7 Å². The lowest BCUT2D eigenvalue weighted by atomic mass is 9.85. The summed E-state index contributed by atoms with van der Waals surface area (Å²) in [5.74, 6) is 1.40. The molecule has 3 heterocycles. The molecule has 2 aromatic rings. The summed E-state index contributed by atoms with van der Waals surface area (Å²) in [6.45, 7) is 2.32. The summed E-state index contributed by atoms with van der Waals surface area (Å²) in [4.78, 5) is 7.00. The highest BCUT2D eigenvalue weighted by Crippen LogP contribution is 2.43. The molecule has 0 spiro atoms. The van der Waals surface area contributed by atoms with E-state index in [1.165, 1.54) is 32.1 Å². The zero-order chi connectivity index (χ0) is 19.1. The molecule has 1 saturated carbocycles. The molecule has 3 aliphatic rings. The van der Waals surface area contributed by atoms with Crippen LogP contribution in [0.3, 0.4) is 0 Å². The lowest BCUT2D eigenvalue weighted by Gasteiger charge is -2.34. The van der Waals surface area contributed by atoms with Gasteiger partial charge in [0.25, 0.3) is 0 Å². The Labute approximate surface area is 165 Å². The Balaban J connectivity index is 1.57. The highest BCUT2D eigenvalue weighted by molar-refractivity contribution is 5.98. The third-order valence-corrected chi connectivity index (χ3v) is 6.57. The molecule has 3 atom stereocenters. The molecule has 1 aromatic heterocycles. The summed E-state index contributed by atoms with van der Waals surface area (Å²) >= 11 is 0. The number of aromatic nitrogens is 1. The first-order valence-electron chi connectivity index (χ1n) is 10.4. The summed E-state index contributed by atoms with van der Waals surface area (Å²) in [6, 6.07) is 6.75. The fourth-order valence-corrected chi connectivity index (χ4v) is 5.18. The number of pyridine rings is 1. The summed E-state index contributed by atoms with van der Waals surface area (Å²) in [5, 5.41) is 10.7. The molecule has 2 aliphatic heterocycles. The van der Waals surface area contributed by atoms with Crippen molar-refractivity contribution in [2.75, 3.05) is 30.4 Å². The zero-order valence-electron chi connectivity index (χ0n) is 16.1. The van der Waals surface area contributed by atoms with Gasteiger partial charge in [0.2, 0.25) is 0 Å². The first-order valence-corrected chi connectivity index (χ1v) is 10.4. The lowest BCUT2D eigenvalue weighted by Crippen LogP contribution is -2.35. The number of benzene rings is 1. The molecule has 1 aliphatic carbocycles. The highest BCUT2D eigenvalue weighted by Gasteiger charge is 2.37. The fraction of sp³-hybridized carbons (Fsp3) is 0.545. The van der Waals surface area contributed by atoms with E-state index in [4.69, 9.17) is 15.2 Å². The minimum Gasteiger partial charge on any atom is -0.486 e. The van der Waals surface area contributed by atoms with Gasteiger partial charge in [-0.2, -0.15) is 5.26 Å². The molecule has 5 rings (SSSR count). The van der Waals surface area contributed by atoms with Crippen LogP contribution in [0.5, 0.6) is 5.75 Å². The van der Waals surface area contributed by atoms with Gasteiger partial charge in [-0.1, -0.05) is 12.8 Å². The van der Waals surface area contributed by atoms with Crippen LogP contribution in [-0.2, 0) is 4.74 Å². The maximum atomic E-state index is 9.76. The summed E-state index contributed by atoms with van der Waals surface area (Å²) < 4.78 is 11.5. The molecule has 3 unspecified atom stereocenters. The molecule has 6 heteroatoms. The van der Waals surface area contributed by atoms with Crippen LogP contribution < -0.4 is 15.4 Å². The zero-order valence-corrected chi connectivity index (χ0v) is 16.1. The second-order valence-electron chi connectivity index (χ2n) is 8.24. The van der Waals surface area contributed by atoms with Crippen molar-refractivity contribution in [3.05, 3.63) is 23.9 Å². The molecule has 6 nitrogen and oxygen atoms in total. The van der Waals surface area contributed by atoms with Gasteiger partial charge in [-0.15, -0.1) is 0 Å². The number of fused-ring (bicyclic) bond motifs is 2. The van der Waals surface area contributed by atoms with E-state index in [1.807, 2.05) is 12.1 Å². The van der Waals surface area contributed by atoms with E-state index in [1.54, 1.807) is 6.20 Å². The molecule has 1 aromatic carbocycles. The SMILES string of the molecule is N#Cc1cnc2cc(OC3CCOC3)c(N)cc2c1N1CCC2CCCCC21. The Morgan fingerprint density at radius 1 is 1.21 bits per heavy atom. The summed E-state index contributed by atoms with van der Waals surface area (Å²) in [7, 11) is 0.